The van der Waals surface area contributed by atoms with Crippen molar-refractivity contribution in [2.45, 2.75) is 17.9 Å². The Morgan fingerprint density at radius 1 is 1.67 bits per heavy atom. The van der Waals surface area contributed by atoms with Gasteiger partial charge in [-0.05, 0) is 0 Å². The number of halogens is 1. The lowest BCUT2D eigenvalue weighted by Gasteiger charge is -1.99. The SMILES string of the molecule is CNC(=O)CCn1cc(S(=O)(=O)Cl)cn1. The Kier molecular flexibility index (Phi) is 3.70. The van der Waals surface area contributed by atoms with E-state index in [0.29, 0.717) is 6.54 Å². The number of aryl methyl sites for hydroxylation is 1. The molecule has 0 unspecified atom stereocenters. The van der Waals surface area contributed by atoms with Crippen LogP contribution in [0, 0.1) is 0 Å². The van der Waals surface area contributed by atoms with Crippen LogP contribution in [0.15, 0.2) is 17.3 Å². The van der Waals surface area contributed by atoms with Crippen molar-refractivity contribution in [2.75, 3.05) is 7.05 Å². The second-order valence-electron chi connectivity index (χ2n) is 2.80. The highest BCUT2D eigenvalue weighted by molar-refractivity contribution is 8.13. The van der Waals surface area contributed by atoms with E-state index in [4.69, 9.17) is 10.7 Å². The number of nitrogens with zero attached hydrogens (tertiary/aromatic N) is 2. The van der Waals surface area contributed by atoms with E-state index in [9.17, 15) is 13.2 Å². The molecule has 0 radical (unpaired) electrons. The maximum absolute atomic E-state index is 10.9. The molecule has 1 N–H and O–H groups in total. The smallest absolute Gasteiger partial charge is 0.264 e. The Balaban J connectivity index is 2.66. The number of hydrogen-bond acceptors (Lipinski definition) is 4. The molecule has 6 nitrogen and oxygen atoms in total. The van der Waals surface area contributed by atoms with E-state index in [-0.39, 0.29) is 17.2 Å². The number of nitrogens with one attached hydrogen (secondary N) is 1. The van der Waals surface area contributed by atoms with Crippen LogP contribution in [0.4, 0.5) is 0 Å². The minimum atomic E-state index is -3.74. The summed E-state index contributed by atoms with van der Waals surface area (Å²) in [6.07, 6.45) is 2.66. The fourth-order valence-corrected chi connectivity index (χ4v) is 1.59. The lowest BCUT2D eigenvalue weighted by Crippen LogP contribution is -2.19. The van der Waals surface area contributed by atoms with Crippen LogP contribution >= 0.6 is 10.7 Å². The van der Waals surface area contributed by atoms with Gasteiger partial charge in [-0.25, -0.2) is 8.42 Å². The lowest BCUT2D eigenvalue weighted by molar-refractivity contribution is -0.120. The highest BCUT2D eigenvalue weighted by atomic mass is 35.7. The molecule has 0 aliphatic carbocycles. The molecule has 0 bridgehead atoms. The third kappa shape index (κ3) is 3.52. The van der Waals surface area contributed by atoms with Crippen LogP contribution in [-0.4, -0.2) is 31.2 Å². The van der Waals surface area contributed by atoms with E-state index < -0.39 is 9.05 Å². The predicted molar refractivity (Wildman–Crippen MR) is 53.9 cm³/mol. The molecule has 1 aromatic heterocycles. The Bertz CT molecular complexity index is 454. The van der Waals surface area contributed by atoms with Gasteiger partial charge >= 0.3 is 0 Å². The molecule has 1 rings (SSSR count). The highest BCUT2D eigenvalue weighted by Crippen LogP contribution is 2.12. The van der Waals surface area contributed by atoms with Crippen molar-refractivity contribution in [1.29, 1.82) is 0 Å². The number of carbonyl (C=O) groups excluding carboxylic acids is 1. The number of rotatable bonds is 4. The van der Waals surface area contributed by atoms with Gasteiger partial charge in [0.25, 0.3) is 9.05 Å². The second-order valence-corrected chi connectivity index (χ2v) is 5.37. The van der Waals surface area contributed by atoms with Gasteiger partial charge in [-0.15, -0.1) is 0 Å². The fraction of sp³-hybridized carbons (Fsp3) is 0.429. The van der Waals surface area contributed by atoms with Crippen molar-refractivity contribution in [2.24, 2.45) is 0 Å². The minimum Gasteiger partial charge on any atom is -0.359 e. The van der Waals surface area contributed by atoms with Crippen molar-refractivity contribution in [3.8, 4) is 0 Å². The Hall–Kier alpha value is -1.08. The molecule has 0 spiro atoms. The zero-order valence-electron chi connectivity index (χ0n) is 7.97. The molecule has 1 amide bonds. The Labute approximate surface area is 91.6 Å². The van der Waals surface area contributed by atoms with Gasteiger partial charge in [0.15, 0.2) is 0 Å². The molecular weight excluding hydrogens is 242 g/mol. The molecule has 1 heterocycles. The van der Waals surface area contributed by atoms with Gasteiger partial charge in [0.05, 0.1) is 6.20 Å². The van der Waals surface area contributed by atoms with Gasteiger partial charge in [-0.3, -0.25) is 9.48 Å². The Morgan fingerprint density at radius 2 is 2.33 bits per heavy atom. The highest BCUT2D eigenvalue weighted by Gasteiger charge is 2.12. The molecule has 0 saturated heterocycles. The summed E-state index contributed by atoms with van der Waals surface area (Å²) in [6.45, 7) is 0.312. The summed E-state index contributed by atoms with van der Waals surface area (Å²) < 4.78 is 23.1. The number of aromatic nitrogens is 2. The summed E-state index contributed by atoms with van der Waals surface area (Å²) in [5.41, 5.74) is 0. The average molecular weight is 252 g/mol. The molecular formula is C7H10ClN3O3S. The molecule has 0 saturated carbocycles. The van der Waals surface area contributed by atoms with Gasteiger partial charge in [0.1, 0.15) is 4.90 Å². The molecule has 0 aromatic carbocycles. The van der Waals surface area contributed by atoms with Crippen LogP contribution < -0.4 is 5.32 Å². The fourth-order valence-electron chi connectivity index (χ4n) is 0.934. The van der Waals surface area contributed by atoms with E-state index in [1.54, 1.807) is 0 Å². The zero-order chi connectivity index (χ0) is 11.5. The number of hydrogen-bond donors (Lipinski definition) is 1. The van der Waals surface area contributed by atoms with E-state index >= 15 is 0 Å². The van der Waals surface area contributed by atoms with Crippen LogP contribution in [0.1, 0.15) is 6.42 Å². The molecule has 84 valence electrons. The molecule has 8 heteroatoms. The van der Waals surface area contributed by atoms with Crippen molar-refractivity contribution < 1.29 is 13.2 Å². The van der Waals surface area contributed by atoms with Crippen LogP contribution in [0.5, 0.6) is 0 Å². The standard InChI is InChI=1S/C7H10ClN3O3S/c1-9-7(12)2-3-11-5-6(4-10-11)15(8,13)14/h4-5H,2-3H2,1H3,(H,9,12). The monoisotopic (exact) mass is 251 g/mol. The molecule has 0 aliphatic rings. The van der Waals surface area contributed by atoms with Crippen LogP contribution in [0.25, 0.3) is 0 Å². The largest absolute Gasteiger partial charge is 0.359 e. The summed E-state index contributed by atoms with van der Waals surface area (Å²) in [6, 6.07) is 0. The average Bonchev–Trinajstić information content (AvgIpc) is 2.61. The number of amides is 1. The van der Waals surface area contributed by atoms with E-state index in [1.165, 1.54) is 17.9 Å². The first-order valence-electron chi connectivity index (χ1n) is 4.11. The van der Waals surface area contributed by atoms with Crippen molar-refractivity contribution in [3.05, 3.63) is 12.4 Å². The topological polar surface area (TPSA) is 81.1 Å². The van der Waals surface area contributed by atoms with Crippen LogP contribution in [0.2, 0.25) is 0 Å². The molecule has 15 heavy (non-hydrogen) atoms. The van der Waals surface area contributed by atoms with Gasteiger partial charge in [-0.2, -0.15) is 5.10 Å². The first-order chi connectivity index (χ1) is 6.93. The van der Waals surface area contributed by atoms with Crippen molar-refractivity contribution in [3.63, 3.8) is 0 Å². The second kappa shape index (κ2) is 4.63. The third-order valence-electron chi connectivity index (χ3n) is 1.74. The minimum absolute atomic E-state index is 0.0685. The molecule has 0 fully saturated rings. The summed E-state index contributed by atoms with van der Waals surface area (Å²) >= 11 is 0. The van der Waals surface area contributed by atoms with E-state index in [1.807, 2.05) is 0 Å². The van der Waals surface area contributed by atoms with Gasteiger partial charge < -0.3 is 5.32 Å². The normalized spacial score (nSPS) is 11.3. The predicted octanol–water partition coefficient (Wildman–Crippen LogP) is -0.0533. The van der Waals surface area contributed by atoms with Gasteiger partial charge in [0, 0.05) is 36.9 Å². The molecule has 0 aliphatic heterocycles. The van der Waals surface area contributed by atoms with Crippen LogP contribution in [-0.2, 0) is 20.4 Å². The quantitative estimate of drug-likeness (QED) is 0.761. The summed E-state index contributed by atoms with van der Waals surface area (Å²) in [4.78, 5) is 10.8. The van der Waals surface area contributed by atoms with Crippen LogP contribution in [0.3, 0.4) is 0 Å². The Morgan fingerprint density at radius 3 is 2.80 bits per heavy atom. The third-order valence-corrected chi connectivity index (χ3v) is 3.05. The summed E-state index contributed by atoms with van der Waals surface area (Å²) in [5.74, 6) is -0.138. The van der Waals surface area contributed by atoms with Crippen molar-refractivity contribution >= 4 is 25.6 Å². The molecule has 0 atom stereocenters. The van der Waals surface area contributed by atoms with Gasteiger partial charge in [-0.1, -0.05) is 0 Å². The van der Waals surface area contributed by atoms with Crippen molar-refractivity contribution in [1.82, 2.24) is 15.1 Å². The first kappa shape index (κ1) is 12.0. The zero-order valence-corrected chi connectivity index (χ0v) is 9.55. The van der Waals surface area contributed by atoms with Gasteiger partial charge in [0.2, 0.25) is 5.91 Å². The first-order valence-corrected chi connectivity index (χ1v) is 6.42. The maximum atomic E-state index is 10.9. The summed E-state index contributed by atoms with van der Waals surface area (Å²) in [7, 11) is 2.89. The molecule has 1 aromatic rings. The van der Waals surface area contributed by atoms with E-state index in [2.05, 4.69) is 10.4 Å². The maximum Gasteiger partial charge on any atom is 0.264 e. The summed E-state index contributed by atoms with van der Waals surface area (Å²) in [5, 5.41) is 6.21. The lowest BCUT2D eigenvalue weighted by atomic mass is 10.4. The van der Waals surface area contributed by atoms with E-state index in [0.717, 1.165) is 6.20 Å². The number of carbonyl (C=O) groups is 1.